The Morgan fingerprint density at radius 1 is 1.26 bits per heavy atom. The number of ether oxygens (including phenoxy) is 1. The Kier molecular flexibility index (Phi) is 3.87. The van der Waals surface area contributed by atoms with Crippen molar-refractivity contribution in [3.8, 4) is 5.75 Å². The average molecular weight is 310 g/mol. The summed E-state index contributed by atoms with van der Waals surface area (Å²) < 4.78 is 8.09. The number of para-hydroxylation sites is 1. The fourth-order valence-corrected chi connectivity index (χ4v) is 3.29. The van der Waals surface area contributed by atoms with E-state index in [2.05, 4.69) is 39.1 Å². The first-order valence-electron chi connectivity index (χ1n) is 8.38. The smallest absolute Gasteiger partial charge is 0.149 e. The van der Waals surface area contributed by atoms with E-state index in [1.165, 1.54) is 18.4 Å². The van der Waals surface area contributed by atoms with Crippen molar-refractivity contribution in [1.29, 1.82) is 0 Å². The van der Waals surface area contributed by atoms with Crippen LogP contribution in [0.3, 0.4) is 0 Å². The summed E-state index contributed by atoms with van der Waals surface area (Å²) in [6, 6.07) is 8.34. The Morgan fingerprint density at radius 3 is 3.13 bits per heavy atom. The van der Waals surface area contributed by atoms with Gasteiger partial charge in [-0.05, 0) is 37.5 Å². The van der Waals surface area contributed by atoms with Gasteiger partial charge in [0.25, 0.3) is 0 Å². The van der Waals surface area contributed by atoms with Crippen molar-refractivity contribution in [2.45, 2.75) is 38.8 Å². The highest BCUT2D eigenvalue weighted by atomic mass is 16.5. The lowest BCUT2D eigenvalue weighted by Gasteiger charge is -2.21. The van der Waals surface area contributed by atoms with Gasteiger partial charge in [0.05, 0.1) is 6.04 Å². The molecule has 0 radical (unpaired) electrons. The third kappa shape index (κ3) is 2.88. The van der Waals surface area contributed by atoms with E-state index in [1.807, 2.05) is 18.2 Å². The second-order valence-corrected chi connectivity index (χ2v) is 6.31. The predicted molar refractivity (Wildman–Crippen MR) is 89.3 cm³/mol. The molecule has 1 N–H and O–H groups in total. The molecule has 1 atom stereocenters. The van der Waals surface area contributed by atoms with Crippen LogP contribution in [0.5, 0.6) is 5.75 Å². The maximum atomic E-state index is 5.81. The molecule has 0 amide bonds. The molecule has 5 heteroatoms. The van der Waals surface area contributed by atoms with Crippen molar-refractivity contribution < 1.29 is 4.74 Å². The summed E-state index contributed by atoms with van der Waals surface area (Å²) in [6.07, 6.45) is 5.72. The number of rotatable bonds is 4. The molecule has 2 aliphatic rings. The standard InChI is InChI=1S/C18H22N4O/c1-13(18-21-20-17-8-4-5-9-22(17)18)19-11-14-10-15-6-2-3-7-16(15)23-12-14/h2-3,6-7,10,13,19H,4-5,8-9,11-12H2,1H3/t13-/m1/s1. The Bertz CT molecular complexity index is 734. The molecule has 2 aliphatic heterocycles. The molecule has 5 nitrogen and oxygen atoms in total. The quantitative estimate of drug-likeness (QED) is 0.943. The molecule has 0 bridgehead atoms. The zero-order valence-electron chi connectivity index (χ0n) is 13.5. The fourth-order valence-electron chi connectivity index (χ4n) is 3.29. The van der Waals surface area contributed by atoms with Crippen LogP contribution >= 0.6 is 0 Å². The van der Waals surface area contributed by atoms with Gasteiger partial charge < -0.3 is 14.6 Å². The van der Waals surface area contributed by atoms with Crippen LogP contribution in [-0.4, -0.2) is 27.9 Å². The number of aryl methyl sites for hydroxylation is 1. The first-order valence-corrected chi connectivity index (χ1v) is 8.38. The lowest BCUT2D eigenvalue weighted by Crippen LogP contribution is -2.27. The number of fused-ring (bicyclic) bond motifs is 2. The van der Waals surface area contributed by atoms with Gasteiger partial charge in [-0.25, -0.2) is 0 Å². The monoisotopic (exact) mass is 310 g/mol. The molecule has 2 aromatic rings. The van der Waals surface area contributed by atoms with Gasteiger partial charge in [-0.2, -0.15) is 0 Å². The molecule has 23 heavy (non-hydrogen) atoms. The summed E-state index contributed by atoms with van der Waals surface area (Å²) in [7, 11) is 0. The van der Waals surface area contributed by atoms with Crippen LogP contribution < -0.4 is 10.1 Å². The fraction of sp³-hybridized carbons (Fsp3) is 0.444. The average Bonchev–Trinajstić information content (AvgIpc) is 3.03. The molecule has 0 unspecified atom stereocenters. The summed E-state index contributed by atoms with van der Waals surface area (Å²) in [5.74, 6) is 3.15. The van der Waals surface area contributed by atoms with Crippen LogP contribution in [0.25, 0.3) is 6.08 Å². The van der Waals surface area contributed by atoms with Gasteiger partial charge in [0.2, 0.25) is 0 Å². The minimum absolute atomic E-state index is 0.187. The Hall–Kier alpha value is -2.14. The molecule has 1 aromatic heterocycles. The molecule has 0 saturated carbocycles. The molecule has 0 spiro atoms. The van der Waals surface area contributed by atoms with E-state index >= 15 is 0 Å². The number of nitrogens with one attached hydrogen (secondary N) is 1. The van der Waals surface area contributed by atoms with Crippen LogP contribution in [0.1, 0.15) is 43.0 Å². The number of aromatic nitrogens is 3. The van der Waals surface area contributed by atoms with E-state index in [4.69, 9.17) is 4.74 Å². The molecule has 1 aromatic carbocycles. The lowest BCUT2D eigenvalue weighted by molar-refractivity contribution is 0.341. The van der Waals surface area contributed by atoms with Crippen molar-refractivity contribution in [3.63, 3.8) is 0 Å². The van der Waals surface area contributed by atoms with Crippen molar-refractivity contribution in [2.75, 3.05) is 13.2 Å². The molecule has 4 rings (SSSR count). The van der Waals surface area contributed by atoms with E-state index in [0.29, 0.717) is 6.61 Å². The summed E-state index contributed by atoms with van der Waals surface area (Å²) in [6.45, 7) is 4.65. The summed E-state index contributed by atoms with van der Waals surface area (Å²) in [4.78, 5) is 0. The van der Waals surface area contributed by atoms with Gasteiger partial charge >= 0.3 is 0 Å². The van der Waals surface area contributed by atoms with Crippen LogP contribution in [0, 0.1) is 0 Å². The molecule has 120 valence electrons. The summed E-state index contributed by atoms with van der Waals surface area (Å²) in [5, 5.41) is 12.3. The highest BCUT2D eigenvalue weighted by Gasteiger charge is 2.20. The van der Waals surface area contributed by atoms with Gasteiger partial charge in [-0.15, -0.1) is 10.2 Å². The zero-order chi connectivity index (χ0) is 15.6. The second kappa shape index (κ2) is 6.16. The minimum Gasteiger partial charge on any atom is -0.489 e. The minimum atomic E-state index is 0.187. The number of hydrogen-bond acceptors (Lipinski definition) is 4. The topological polar surface area (TPSA) is 52.0 Å². The maximum absolute atomic E-state index is 5.81. The SMILES string of the molecule is C[C@@H](NCC1=Cc2ccccc2OC1)c1nnc2n1CCCC2. The van der Waals surface area contributed by atoms with E-state index < -0.39 is 0 Å². The molecular weight excluding hydrogens is 288 g/mol. The van der Waals surface area contributed by atoms with Gasteiger partial charge in [-0.1, -0.05) is 18.2 Å². The molecule has 0 aliphatic carbocycles. The highest BCUT2D eigenvalue weighted by molar-refractivity contribution is 5.62. The van der Waals surface area contributed by atoms with Gasteiger partial charge in [0.15, 0.2) is 0 Å². The summed E-state index contributed by atoms with van der Waals surface area (Å²) in [5.41, 5.74) is 2.41. The molecule has 0 fully saturated rings. The third-order valence-corrected chi connectivity index (χ3v) is 4.60. The number of nitrogens with zero attached hydrogens (tertiary/aromatic N) is 3. The van der Waals surface area contributed by atoms with Crippen molar-refractivity contribution in [3.05, 3.63) is 47.1 Å². The van der Waals surface area contributed by atoms with E-state index in [-0.39, 0.29) is 6.04 Å². The molecular formula is C18H22N4O. The molecule has 0 saturated heterocycles. The Balaban J connectivity index is 1.43. The lowest BCUT2D eigenvalue weighted by atomic mass is 10.1. The van der Waals surface area contributed by atoms with Crippen LogP contribution in [0.15, 0.2) is 29.8 Å². The van der Waals surface area contributed by atoms with E-state index in [0.717, 1.165) is 42.5 Å². The van der Waals surface area contributed by atoms with E-state index in [1.54, 1.807) is 0 Å². The predicted octanol–water partition coefficient (Wildman–Crippen LogP) is 2.74. The van der Waals surface area contributed by atoms with Gasteiger partial charge in [-0.3, -0.25) is 0 Å². The van der Waals surface area contributed by atoms with Crippen LogP contribution in [-0.2, 0) is 13.0 Å². The van der Waals surface area contributed by atoms with Gasteiger partial charge in [0, 0.05) is 25.1 Å². The Morgan fingerprint density at radius 2 is 2.17 bits per heavy atom. The van der Waals surface area contributed by atoms with Gasteiger partial charge in [0.1, 0.15) is 24.0 Å². The molecule has 3 heterocycles. The number of benzene rings is 1. The largest absolute Gasteiger partial charge is 0.489 e. The number of hydrogen-bond donors (Lipinski definition) is 1. The highest BCUT2D eigenvalue weighted by Crippen LogP contribution is 2.26. The second-order valence-electron chi connectivity index (χ2n) is 6.31. The van der Waals surface area contributed by atoms with Crippen molar-refractivity contribution >= 4 is 6.08 Å². The normalized spacial score (nSPS) is 17.7. The van der Waals surface area contributed by atoms with E-state index in [9.17, 15) is 0 Å². The van der Waals surface area contributed by atoms with Crippen LogP contribution in [0.4, 0.5) is 0 Å². The third-order valence-electron chi connectivity index (χ3n) is 4.60. The van der Waals surface area contributed by atoms with Crippen LogP contribution in [0.2, 0.25) is 0 Å². The first-order chi connectivity index (χ1) is 11.3. The zero-order valence-corrected chi connectivity index (χ0v) is 13.5. The van der Waals surface area contributed by atoms with Crippen molar-refractivity contribution in [2.24, 2.45) is 0 Å². The first kappa shape index (κ1) is 14.5. The van der Waals surface area contributed by atoms with Crippen molar-refractivity contribution in [1.82, 2.24) is 20.1 Å². The maximum Gasteiger partial charge on any atom is 0.149 e. The Labute approximate surface area is 136 Å². The summed E-state index contributed by atoms with van der Waals surface area (Å²) >= 11 is 0.